The van der Waals surface area contributed by atoms with Crippen LogP contribution in [0.5, 0.6) is 5.75 Å². The Morgan fingerprint density at radius 3 is 1.19 bits per heavy atom. The van der Waals surface area contributed by atoms with Crippen LogP contribution in [-0.4, -0.2) is 179 Å². The Labute approximate surface area is 715 Å². The Bertz CT molecular complexity index is 6050. The second-order valence-electron chi connectivity index (χ2n) is 31.6. The number of rotatable bonds is 12. The predicted molar refractivity (Wildman–Crippen MR) is 465 cm³/mol. The van der Waals surface area contributed by atoms with E-state index in [0.717, 1.165) is 57.0 Å². The zero-order valence-corrected chi connectivity index (χ0v) is 71.1. The number of ether oxygens (including phenoxy) is 4. The van der Waals surface area contributed by atoms with Crippen LogP contribution in [0.2, 0.25) is 0 Å². The fourth-order valence-electron chi connectivity index (χ4n) is 13.3. The number of carbonyl (C=O) groups excluding carboxylic acids is 8. The highest BCUT2D eigenvalue weighted by Gasteiger charge is 2.39. The van der Waals surface area contributed by atoms with Gasteiger partial charge in [-0.1, -0.05) is 67.6 Å². The number of aromatic nitrogens is 9. The Hall–Kier alpha value is -15.4. The van der Waals surface area contributed by atoms with Crippen molar-refractivity contribution in [2.75, 3.05) is 79.4 Å². The summed E-state index contributed by atoms with van der Waals surface area (Å²) in [5.41, 5.74) is 33.0. The Morgan fingerprint density at radius 2 is 0.847 bits per heavy atom. The third-order valence-electron chi connectivity index (χ3n) is 19.2. The van der Waals surface area contributed by atoms with E-state index in [2.05, 4.69) is 100 Å². The Kier molecular flexibility index (Phi) is 27.3. The molecule has 35 nitrogen and oxygen atoms in total. The number of imide groups is 3. The number of hydrogen-bond donors (Lipinski definition) is 7. The van der Waals surface area contributed by atoms with E-state index in [1.807, 2.05) is 52.1 Å². The summed E-state index contributed by atoms with van der Waals surface area (Å²) in [6.07, 6.45) is 3.11. The SMILES string of the molecule is CCN(CC)CCNC(=O)Nc1cccc(C#Cc2cnc(N)nc2-c2cc3c(n2C)CCN(C(=O)OC(C)(C)C)C3=O)c1.Cn1c(-c2nc(N)ncc2C#Cc2cccc(N)c2)cc2c1CCN(C(=O)OC(C)(C)C)C2=O.Cn1c(-c2nc(N)ncc2C#Cc2cccc(NC(=O)Oc3ccc([N+](=O)[O-])cc3)c2)cc2c1CCN(C(=O)OC(C)(C)C)C2=O. The van der Waals surface area contributed by atoms with Crippen LogP contribution in [0.4, 0.5) is 64.6 Å². The van der Waals surface area contributed by atoms with Crippen LogP contribution in [0.15, 0.2) is 134 Å². The van der Waals surface area contributed by atoms with Crippen LogP contribution in [0, 0.1) is 45.6 Å². The molecule has 0 spiro atoms. The van der Waals surface area contributed by atoms with Gasteiger partial charge in [-0.15, -0.1) is 0 Å². The highest BCUT2D eigenvalue weighted by molar-refractivity contribution is 6.07. The highest BCUT2D eigenvalue weighted by Crippen LogP contribution is 2.36. The van der Waals surface area contributed by atoms with Crippen LogP contribution >= 0.6 is 0 Å². The molecule has 13 rings (SSSR count). The van der Waals surface area contributed by atoms with Crippen LogP contribution < -0.4 is 43.6 Å². The van der Waals surface area contributed by atoms with Gasteiger partial charge in [-0.25, -0.2) is 68.6 Å². The molecule has 0 radical (unpaired) electrons. The molecule has 640 valence electrons. The molecule has 124 heavy (non-hydrogen) atoms. The summed E-state index contributed by atoms with van der Waals surface area (Å²) in [5, 5.41) is 19.1. The zero-order chi connectivity index (χ0) is 89.8. The molecule has 0 aliphatic carbocycles. The molecular weight excluding hydrogens is 1590 g/mol. The first-order chi connectivity index (χ1) is 58.7. The van der Waals surface area contributed by atoms with Crippen LogP contribution in [-0.2, 0) is 54.6 Å². The van der Waals surface area contributed by atoms with E-state index in [4.69, 9.17) is 41.9 Å². The molecule has 9 heterocycles. The van der Waals surface area contributed by atoms with Gasteiger partial charge in [0, 0.05) is 155 Å². The fourth-order valence-corrected chi connectivity index (χ4v) is 13.3. The van der Waals surface area contributed by atoms with Gasteiger partial charge >= 0.3 is 30.4 Å². The number of urea groups is 1. The zero-order valence-electron chi connectivity index (χ0n) is 71.1. The number of nitrogen functional groups attached to an aromatic ring is 4. The maximum atomic E-state index is 13.3. The number of benzene rings is 4. The van der Waals surface area contributed by atoms with Gasteiger partial charge in [0.1, 0.15) is 39.6 Å². The number of hydrogen-bond acceptors (Lipinski definition) is 25. The molecule has 0 bridgehead atoms. The molecule has 6 aromatic heterocycles. The monoisotopic (exact) mass is 1680 g/mol. The van der Waals surface area contributed by atoms with E-state index in [9.17, 15) is 48.5 Å². The molecule has 0 saturated carbocycles. The third-order valence-corrected chi connectivity index (χ3v) is 19.2. The lowest BCUT2D eigenvalue weighted by Gasteiger charge is -2.28. The van der Waals surface area contributed by atoms with Crippen molar-refractivity contribution < 1.29 is 62.2 Å². The van der Waals surface area contributed by atoms with Gasteiger partial charge in [-0.05, 0) is 160 Å². The summed E-state index contributed by atoms with van der Waals surface area (Å²) in [4.78, 5) is 144. The molecule has 3 aliphatic rings. The molecule has 0 unspecified atom stereocenters. The lowest BCUT2D eigenvalue weighted by atomic mass is 10.1. The summed E-state index contributed by atoms with van der Waals surface area (Å²) in [6.45, 7) is 23.7. The van der Waals surface area contributed by atoms with E-state index in [1.165, 1.54) is 36.7 Å². The van der Waals surface area contributed by atoms with Crippen molar-refractivity contribution in [2.24, 2.45) is 21.1 Å². The Morgan fingerprint density at radius 1 is 0.492 bits per heavy atom. The molecule has 4 aromatic carbocycles. The van der Waals surface area contributed by atoms with E-state index in [-0.39, 0.29) is 54.9 Å². The molecule has 9 amide bonds. The van der Waals surface area contributed by atoms with Gasteiger partial charge in [0.15, 0.2) is 0 Å². The smallest absolute Gasteiger partial charge is 0.417 e. The maximum Gasteiger partial charge on any atom is 0.417 e. The number of nitro groups is 1. The van der Waals surface area contributed by atoms with Gasteiger partial charge in [0.2, 0.25) is 17.8 Å². The molecule has 0 atom stereocenters. The molecular formula is C89H95N21O14. The molecule has 0 fully saturated rings. The van der Waals surface area contributed by atoms with Crippen molar-refractivity contribution in [1.29, 1.82) is 0 Å². The van der Waals surface area contributed by atoms with Gasteiger partial charge < -0.3 is 71.1 Å². The number of nitrogens with one attached hydrogen (secondary N) is 3. The second kappa shape index (κ2) is 37.9. The minimum atomic E-state index is -0.791. The quantitative estimate of drug-likeness (QED) is 0.0196. The van der Waals surface area contributed by atoms with E-state index in [0.29, 0.717) is 122 Å². The minimum Gasteiger partial charge on any atom is -0.443 e. The van der Waals surface area contributed by atoms with E-state index >= 15 is 0 Å². The lowest BCUT2D eigenvalue weighted by molar-refractivity contribution is -0.384. The molecule has 3 aliphatic heterocycles. The topological polar surface area (TPSA) is 462 Å². The normalized spacial score (nSPS) is 12.8. The van der Waals surface area contributed by atoms with Crippen molar-refractivity contribution in [3.63, 3.8) is 0 Å². The molecule has 10 aromatic rings. The summed E-state index contributed by atoms with van der Waals surface area (Å²) in [5.74, 6) is 17.5. The number of anilines is 6. The number of nitro benzene ring substituents is 1. The molecule has 11 N–H and O–H groups in total. The molecule has 35 heteroatoms. The number of fused-ring (bicyclic) bond motifs is 3. The highest BCUT2D eigenvalue weighted by atomic mass is 16.6. The summed E-state index contributed by atoms with van der Waals surface area (Å²) < 4.78 is 27.0. The number of nitrogens with zero attached hydrogens (tertiary/aromatic N) is 14. The summed E-state index contributed by atoms with van der Waals surface area (Å²) in [6, 6.07) is 31.0. The van der Waals surface area contributed by atoms with Crippen molar-refractivity contribution in [1.82, 2.24) is 68.5 Å². The summed E-state index contributed by atoms with van der Waals surface area (Å²) in [7, 11) is 5.48. The first-order valence-corrected chi connectivity index (χ1v) is 39.4. The average molecular weight is 1680 g/mol. The van der Waals surface area contributed by atoms with Crippen molar-refractivity contribution in [3.8, 4) is 75.4 Å². The minimum absolute atomic E-state index is 0.0131. The van der Waals surface area contributed by atoms with Crippen molar-refractivity contribution in [3.05, 3.63) is 211 Å². The van der Waals surface area contributed by atoms with E-state index in [1.54, 1.807) is 142 Å². The standard InChI is InChI=1S/C32H40N8O4.C32H29N7O7.C25H26N6O3/c1-7-39(8-2)17-15-34-30(42)36-23-11-9-10-21(18-23)12-13-22-20-35-29(33)37-27(22)26-19-24-25(38(26)6)14-16-40(28(24)41)31(43)44-32(3,4)5;1-32(2,3)46-31(42)38-15-14-25-24(28(38)40)17-26(37(25)4)27-20(18-34-29(33)36-27)9-8-19-6-5-7-21(16-19)35-30(41)45-23-12-10-22(11-13-23)39(43)44;1-25(2,3)34-24(33)31-11-10-19-18(22(31)32)13-20(30(19)4)21-16(14-28-23(27)29-21)9-8-15-6-5-7-17(26)12-15/h9-11,18-20H,7-8,14-17H2,1-6H3,(H2,33,35,37)(H2,34,36,42);5-7,10-13,16-18H,14-15H2,1-4H3,(H,35,41)(H2,33,34,36);5-7,12-14H,10-11,26H2,1-4H3,(H2,27,28,29). The van der Waals surface area contributed by atoms with Gasteiger partial charge in [-0.3, -0.25) is 29.8 Å². The first-order valence-electron chi connectivity index (χ1n) is 39.4. The molecule has 0 saturated heterocycles. The van der Waals surface area contributed by atoms with Gasteiger partial charge in [0.05, 0.1) is 55.4 Å². The Balaban J connectivity index is 0.000000183. The second-order valence-corrected chi connectivity index (χ2v) is 31.6. The van der Waals surface area contributed by atoms with Gasteiger partial charge in [-0.2, -0.15) is 0 Å². The number of likely N-dealkylation sites (N-methyl/N-ethyl adjacent to an activating group) is 1. The number of non-ortho nitro benzene ring substituents is 1. The van der Waals surface area contributed by atoms with Crippen LogP contribution in [0.3, 0.4) is 0 Å². The van der Waals surface area contributed by atoms with Crippen molar-refractivity contribution >= 4 is 88.7 Å². The largest absolute Gasteiger partial charge is 0.443 e. The van der Waals surface area contributed by atoms with Crippen molar-refractivity contribution in [2.45, 2.75) is 112 Å². The first kappa shape index (κ1) is 89.4. The van der Waals surface area contributed by atoms with Crippen LogP contribution in [0.25, 0.3) is 34.2 Å². The predicted octanol–water partition coefficient (Wildman–Crippen LogP) is 11.8. The number of amides is 9. The maximum absolute atomic E-state index is 13.3. The third kappa shape index (κ3) is 22.3. The average Bonchev–Trinajstić information content (AvgIpc) is 1.62. The van der Waals surface area contributed by atoms with E-state index < -0.39 is 63.8 Å². The fraction of sp³-hybridized carbons (Fsp3) is 0.303. The number of carbonyl (C=O) groups is 8. The lowest BCUT2D eigenvalue weighted by Crippen LogP contribution is -2.44. The van der Waals surface area contributed by atoms with Crippen LogP contribution in [0.1, 0.15) is 158 Å². The van der Waals surface area contributed by atoms with Gasteiger partial charge in [0.25, 0.3) is 23.4 Å². The summed E-state index contributed by atoms with van der Waals surface area (Å²) >= 11 is 0. The number of nitrogens with two attached hydrogens (primary N) is 4.